The fraction of sp³-hybridized carbons (Fsp3) is 0.263. The maximum absolute atomic E-state index is 11.7. The van der Waals surface area contributed by atoms with Crippen LogP contribution in [0.2, 0.25) is 5.02 Å². The molecule has 0 heterocycles. The first-order valence-corrected chi connectivity index (χ1v) is 8.30. The zero-order valence-corrected chi connectivity index (χ0v) is 15.3. The van der Waals surface area contributed by atoms with Crippen LogP contribution >= 0.6 is 11.6 Å². The Labute approximate surface area is 157 Å². The summed E-state index contributed by atoms with van der Waals surface area (Å²) in [4.78, 5) is 23.4. The van der Waals surface area contributed by atoms with Crippen LogP contribution in [-0.4, -0.2) is 32.2 Å². The SMILES string of the molecule is COc1ccc(CNC(=O)COC(=O)COc2ccc(Cl)c(C)c2)cc1. The first kappa shape index (κ1) is 19.6. The third kappa shape index (κ3) is 6.29. The fourth-order valence-corrected chi connectivity index (χ4v) is 2.15. The Hall–Kier alpha value is -2.73. The molecule has 6 nitrogen and oxygen atoms in total. The van der Waals surface area contributed by atoms with Gasteiger partial charge in [0.15, 0.2) is 13.2 Å². The standard InChI is InChI=1S/C19H20ClNO5/c1-13-9-16(7-8-17(13)20)25-12-19(23)26-11-18(22)21-10-14-3-5-15(24-2)6-4-14/h3-9H,10-12H2,1-2H3,(H,21,22). The van der Waals surface area contributed by atoms with Crippen LogP contribution in [0.15, 0.2) is 42.5 Å². The minimum Gasteiger partial charge on any atom is -0.497 e. The van der Waals surface area contributed by atoms with Gasteiger partial charge in [0, 0.05) is 11.6 Å². The molecule has 0 radical (unpaired) electrons. The third-order valence-electron chi connectivity index (χ3n) is 3.50. The van der Waals surface area contributed by atoms with E-state index >= 15 is 0 Å². The number of nitrogens with one attached hydrogen (secondary N) is 1. The molecule has 1 N–H and O–H groups in total. The van der Waals surface area contributed by atoms with E-state index in [1.165, 1.54) is 0 Å². The highest BCUT2D eigenvalue weighted by Gasteiger charge is 2.09. The number of halogens is 1. The van der Waals surface area contributed by atoms with Crippen molar-refractivity contribution in [3.05, 3.63) is 58.6 Å². The molecule has 7 heteroatoms. The van der Waals surface area contributed by atoms with Gasteiger partial charge in [-0.3, -0.25) is 4.79 Å². The molecular weight excluding hydrogens is 358 g/mol. The molecule has 0 bridgehead atoms. The first-order valence-electron chi connectivity index (χ1n) is 7.92. The molecule has 2 aromatic carbocycles. The van der Waals surface area contributed by atoms with E-state index in [4.69, 9.17) is 25.8 Å². The summed E-state index contributed by atoms with van der Waals surface area (Å²) in [7, 11) is 1.59. The largest absolute Gasteiger partial charge is 0.497 e. The summed E-state index contributed by atoms with van der Waals surface area (Å²) in [5.41, 5.74) is 1.75. The van der Waals surface area contributed by atoms with Crippen molar-refractivity contribution in [3.63, 3.8) is 0 Å². The van der Waals surface area contributed by atoms with E-state index in [9.17, 15) is 9.59 Å². The number of hydrogen-bond acceptors (Lipinski definition) is 5. The van der Waals surface area contributed by atoms with Crippen LogP contribution in [0.5, 0.6) is 11.5 Å². The number of hydrogen-bond donors (Lipinski definition) is 1. The van der Waals surface area contributed by atoms with Crippen LogP contribution in [0.25, 0.3) is 0 Å². The molecule has 0 spiro atoms. The van der Waals surface area contributed by atoms with E-state index in [1.54, 1.807) is 37.4 Å². The number of esters is 1. The smallest absolute Gasteiger partial charge is 0.344 e. The van der Waals surface area contributed by atoms with Gasteiger partial charge in [-0.2, -0.15) is 0 Å². The number of aryl methyl sites for hydroxylation is 1. The summed E-state index contributed by atoms with van der Waals surface area (Å²) in [5, 5.41) is 3.29. The maximum Gasteiger partial charge on any atom is 0.344 e. The number of ether oxygens (including phenoxy) is 3. The molecule has 0 saturated carbocycles. The molecule has 0 fully saturated rings. The Morgan fingerprint density at radius 1 is 1.04 bits per heavy atom. The summed E-state index contributed by atoms with van der Waals surface area (Å²) < 4.78 is 15.3. The second-order valence-electron chi connectivity index (χ2n) is 5.49. The number of rotatable bonds is 8. The van der Waals surface area contributed by atoms with E-state index < -0.39 is 11.9 Å². The quantitative estimate of drug-likeness (QED) is 0.716. The van der Waals surface area contributed by atoms with Gasteiger partial charge in [-0.1, -0.05) is 23.7 Å². The Kier molecular flexibility index (Phi) is 7.29. The molecule has 0 atom stereocenters. The average Bonchev–Trinajstić information content (AvgIpc) is 2.66. The topological polar surface area (TPSA) is 73.9 Å². The van der Waals surface area contributed by atoms with Gasteiger partial charge >= 0.3 is 5.97 Å². The van der Waals surface area contributed by atoms with Crippen LogP contribution in [-0.2, 0) is 20.9 Å². The van der Waals surface area contributed by atoms with Gasteiger partial charge in [-0.25, -0.2) is 4.79 Å². The molecule has 2 aromatic rings. The van der Waals surface area contributed by atoms with Crippen molar-refractivity contribution < 1.29 is 23.8 Å². The lowest BCUT2D eigenvalue weighted by atomic mass is 10.2. The number of amides is 1. The van der Waals surface area contributed by atoms with Crippen molar-refractivity contribution in [2.45, 2.75) is 13.5 Å². The summed E-state index contributed by atoms with van der Waals surface area (Å²) in [6, 6.07) is 12.3. The molecule has 26 heavy (non-hydrogen) atoms. The van der Waals surface area contributed by atoms with Crippen LogP contribution in [0.4, 0.5) is 0 Å². The summed E-state index contributed by atoms with van der Waals surface area (Å²) in [5.74, 6) is 0.228. The molecule has 138 valence electrons. The Morgan fingerprint density at radius 2 is 1.73 bits per heavy atom. The summed E-state index contributed by atoms with van der Waals surface area (Å²) in [6.45, 7) is 1.52. The lowest BCUT2D eigenvalue weighted by Crippen LogP contribution is -2.29. The van der Waals surface area contributed by atoms with Crippen molar-refractivity contribution >= 4 is 23.5 Å². The Balaban J connectivity index is 1.67. The lowest BCUT2D eigenvalue weighted by molar-refractivity contribution is -0.150. The maximum atomic E-state index is 11.7. The summed E-state index contributed by atoms with van der Waals surface area (Å²) in [6.07, 6.45) is 0. The van der Waals surface area contributed by atoms with Gasteiger partial charge < -0.3 is 19.5 Å². The third-order valence-corrected chi connectivity index (χ3v) is 3.92. The fourth-order valence-electron chi connectivity index (χ4n) is 2.03. The minimum absolute atomic E-state index is 0.285. The van der Waals surface area contributed by atoms with Crippen molar-refractivity contribution in [2.75, 3.05) is 20.3 Å². The molecule has 0 aliphatic heterocycles. The van der Waals surface area contributed by atoms with Gasteiger partial charge in [0.1, 0.15) is 11.5 Å². The zero-order chi connectivity index (χ0) is 18.9. The number of carbonyl (C=O) groups is 2. The Bertz CT molecular complexity index is 761. The zero-order valence-electron chi connectivity index (χ0n) is 14.6. The van der Waals surface area contributed by atoms with Gasteiger partial charge in [0.25, 0.3) is 5.91 Å². The molecule has 2 rings (SSSR count). The van der Waals surface area contributed by atoms with Crippen molar-refractivity contribution in [2.24, 2.45) is 0 Å². The van der Waals surface area contributed by atoms with E-state index in [-0.39, 0.29) is 13.2 Å². The molecule has 0 unspecified atom stereocenters. The van der Waals surface area contributed by atoms with Gasteiger partial charge in [-0.05, 0) is 48.4 Å². The first-order chi connectivity index (χ1) is 12.5. The predicted molar refractivity (Wildman–Crippen MR) is 97.5 cm³/mol. The highest BCUT2D eigenvalue weighted by molar-refractivity contribution is 6.31. The van der Waals surface area contributed by atoms with Crippen molar-refractivity contribution in [3.8, 4) is 11.5 Å². The highest BCUT2D eigenvalue weighted by atomic mass is 35.5. The lowest BCUT2D eigenvalue weighted by Gasteiger charge is -2.09. The normalized spacial score (nSPS) is 10.1. The van der Waals surface area contributed by atoms with E-state index in [1.807, 2.05) is 19.1 Å². The molecule has 0 aliphatic rings. The minimum atomic E-state index is -0.628. The van der Waals surface area contributed by atoms with E-state index in [0.29, 0.717) is 17.3 Å². The second kappa shape index (κ2) is 9.68. The van der Waals surface area contributed by atoms with Gasteiger partial charge in [-0.15, -0.1) is 0 Å². The molecule has 0 aromatic heterocycles. The summed E-state index contributed by atoms with van der Waals surface area (Å²) >= 11 is 5.92. The van der Waals surface area contributed by atoms with E-state index in [0.717, 1.165) is 16.9 Å². The second-order valence-corrected chi connectivity index (χ2v) is 5.89. The van der Waals surface area contributed by atoms with Crippen LogP contribution in [0, 0.1) is 6.92 Å². The predicted octanol–water partition coefficient (Wildman–Crippen LogP) is 2.90. The molecule has 0 saturated heterocycles. The number of benzene rings is 2. The Morgan fingerprint density at radius 3 is 2.38 bits per heavy atom. The average molecular weight is 378 g/mol. The number of carbonyl (C=O) groups excluding carboxylic acids is 2. The van der Waals surface area contributed by atoms with Crippen molar-refractivity contribution in [1.29, 1.82) is 0 Å². The van der Waals surface area contributed by atoms with Gasteiger partial charge in [0.2, 0.25) is 0 Å². The molecular formula is C19H20ClNO5. The number of methoxy groups -OCH3 is 1. The van der Waals surface area contributed by atoms with Crippen LogP contribution in [0.1, 0.15) is 11.1 Å². The van der Waals surface area contributed by atoms with Crippen LogP contribution in [0.3, 0.4) is 0 Å². The molecule has 1 amide bonds. The molecule has 0 aliphatic carbocycles. The van der Waals surface area contributed by atoms with Crippen molar-refractivity contribution in [1.82, 2.24) is 5.32 Å². The van der Waals surface area contributed by atoms with Crippen LogP contribution < -0.4 is 14.8 Å². The van der Waals surface area contributed by atoms with E-state index in [2.05, 4.69) is 5.32 Å². The monoisotopic (exact) mass is 377 g/mol. The highest BCUT2D eigenvalue weighted by Crippen LogP contribution is 2.20. The van der Waals surface area contributed by atoms with Gasteiger partial charge in [0.05, 0.1) is 7.11 Å².